The summed E-state index contributed by atoms with van der Waals surface area (Å²) in [4.78, 5) is 35.5. The van der Waals surface area contributed by atoms with Crippen LogP contribution in [0.2, 0.25) is 0 Å². The van der Waals surface area contributed by atoms with Crippen LogP contribution in [0.4, 0.5) is 0 Å². The minimum absolute atomic E-state index is 0.218. The first kappa shape index (κ1) is 15.4. The maximum Gasteiger partial charge on any atom is 0.331 e. The Morgan fingerprint density at radius 1 is 1.24 bits per heavy atom. The summed E-state index contributed by atoms with van der Waals surface area (Å²) >= 11 is 0. The molecule has 0 unspecified atom stereocenters. The summed E-state index contributed by atoms with van der Waals surface area (Å²) in [6, 6.07) is 0. The lowest BCUT2D eigenvalue weighted by Gasteiger charge is -2.32. The van der Waals surface area contributed by atoms with Crippen molar-refractivity contribution >= 4 is 17.8 Å². The summed E-state index contributed by atoms with van der Waals surface area (Å²) < 4.78 is 9.25. The van der Waals surface area contributed by atoms with Gasteiger partial charge in [0.05, 0.1) is 13.7 Å². The molecule has 0 heterocycles. The second-order valence-electron chi connectivity index (χ2n) is 3.99. The maximum atomic E-state index is 11.7. The normalized spacial score (nSPS) is 10.6. The van der Waals surface area contributed by atoms with Gasteiger partial charge in [0.2, 0.25) is 5.91 Å². The number of nitrogens with zero attached hydrogens (tertiary/aromatic N) is 1. The number of hydrogen-bond donors (Lipinski definition) is 0. The first-order chi connectivity index (χ1) is 7.77. The minimum Gasteiger partial charge on any atom is -0.467 e. The van der Waals surface area contributed by atoms with Crippen molar-refractivity contribution in [2.24, 2.45) is 0 Å². The third-order valence-corrected chi connectivity index (χ3v) is 2.50. The van der Waals surface area contributed by atoms with Crippen molar-refractivity contribution in [2.75, 3.05) is 20.8 Å². The van der Waals surface area contributed by atoms with E-state index in [1.165, 1.54) is 19.1 Å². The molecule has 0 radical (unpaired) electrons. The van der Waals surface area contributed by atoms with E-state index in [0.717, 1.165) is 0 Å². The molecule has 0 rings (SSSR count). The van der Waals surface area contributed by atoms with Crippen LogP contribution in [0.15, 0.2) is 0 Å². The minimum atomic E-state index is -1.11. The number of esters is 2. The van der Waals surface area contributed by atoms with Crippen LogP contribution in [-0.4, -0.2) is 49.0 Å². The number of carbonyl (C=O) groups is 3. The lowest BCUT2D eigenvalue weighted by molar-refractivity contribution is -0.160. The van der Waals surface area contributed by atoms with Gasteiger partial charge in [0.25, 0.3) is 0 Å². The van der Waals surface area contributed by atoms with Gasteiger partial charge in [0, 0.05) is 7.05 Å². The van der Waals surface area contributed by atoms with Gasteiger partial charge in [0.15, 0.2) is 0 Å². The van der Waals surface area contributed by atoms with Crippen molar-refractivity contribution in [1.82, 2.24) is 4.90 Å². The highest BCUT2D eigenvalue weighted by Gasteiger charge is 2.36. The molecule has 17 heavy (non-hydrogen) atoms. The summed E-state index contributed by atoms with van der Waals surface area (Å²) in [6.45, 7) is 4.96. The molecule has 0 atom stereocenters. The van der Waals surface area contributed by atoms with Crippen molar-refractivity contribution in [3.8, 4) is 0 Å². The number of amides is 1. The summed E-state index contributed by atoms with van der Waals surface area (Å²) in [7, 11) is 2.69. The second kappa shape index (κ2) is 6.22. The molecule has 0 N–H and O–H groups in total. The summed E-state index contributed by atoms with van der Waals surface area (Å²) in [5.41, 5.74) is -1.11. The molecule has 1 amide bonds. The quantitative estimate of drug-likeness (QED) is 0.516. The van der Waals surface area contributed by atoms with Gasteiger partial charge in [-0.3, -0.25) is 9.59 Å². The van der Waals surface area contributed by atoms with Gasteiger partial charge < -0.3 is 14.4 Å². The fourth-order valence-electron chi connectivity index (χ4n) is 1.15. The smallest absolute Gasteiger partial charge is 0.331 e. The molecule has 0 aliphatic heterocycles. The SMILES string of the molecule is CCOC(=O)CC(=O)N(C)C(C)(C)C(=O)OC. The molecule has 0 spiro atoms. The van der Waals surface area contributed by atoms with E-state index < -0.39 is 23.4 Å². The van der Waals surface area contributed by atoms with Gasteiger partial charge in [-0.15, -0.1) is 0 Å². The van der Waals surface area contributed by atoms with E-state index in [1.54, 1.807) is 20.8 Å². The van der Waals surface area contributed by atoms with E-state index in [0.29, 0.717) is 0 Å². The molecular formula is C11H19NO5. The van der Waals surface area contributed by atoms with Crippen LogP contribution in [0.5, 0.6) is 0 Å². The van der Waals surface area contributed by atoms with Crippen molar-refractivity contribution in [2.45, 2.75) is 32.7 Å². The Balaban J connectivity index is 4.59. The molecule has 0 saturated heterocycles. The Kier molecular flexibility index (Phi) is 5.64. The molecule has 0 saturated carbocycles. The first-order valence-electron chi connectivity index (χ1n) is 5.28. The number of rotatable bonds is 5. The largest absolute Gasteiger partial charge is 0.467 e. The van der Waals surface area contributed by atoms with E-state index in [-0.39, 0.29) is 13.0 Å². The Morgan fingerprint density at radius 3 is 2.18 bits per heavy atom. The summed E-state index contributed by atoms with van der Waals surface area (Å²) in [6.07, 6.45) is -0.384. The average Bonchev–Trinajstić information content (AvgIpc) is 2.26. The molecule has 98 valence electrons. The number of carbonyl (C=O) groups excluding carboxylic acids is 3. The Labute approximate surface area is 101 Å². The fraction of sp³-hybridized carbons (Fsp3) is 0.727. The summed E-state index contributed by atoms with van der Waals surface area (Å²) in [5, 5.41) is 0. The molecule has 0 aromatic carbocycles. The van der Waals surface area contributed by atoms with Crippen molar-refractivity contribution in [3.05, 3.63) is 0 Å². The average molecular weight is 245 g/mol. The number of methoxy groups -OCH3 is 1. The molecule has 0 aromatic heterocycles. The van der Waals surface area contributed by atoms with Gasteiger partial charge in [-0.05, 0) is 20.8 Å². The van der Waals surface area contributed by atoms with E-state index in [2.05, 4.69) is 9.47 Å². The molecular weight excluding hydrogens is 226 g/mol. The Morgan fingerprint density at radius 2 is 1.76 bits per heavy atom. The van der Waals surface area contributed by atoms with Gasteiger partial charge in [0.1, 0.15) is 12.0 Å². The van der Waals surface area contributed by atoms with Crippen LogP contribution in [0.3, 0.4) is 0 Å². The number of ether oxygens (including phenoxy) is 2. The molecule has 6 heteroatoms. The van der Waals surface area contributed by atoms with Crippen molar-refractivity contribution in [1.29, 1.82) is 0 Å². The first-order valence-corrected chi connectivity index (χ1v) is 5.28. The second-order valence-corrected chi connectivity index (χ2v) is 3.99. The zero-order valence-electron chi connectivity index (χ0n) is 10.9. The molecule has 0 aliphatic rings. The highest BCUT2D eigenvalue weighted by molar-refractivity contribution is 5.96. The lowest BCUT2D eigenvalue weighted by atomic mass is 10.0. The number of hydrogen-bond acceptors (Lipinski definition) is 5. The molecule has 0 fully saturated rings. The van der Waals surface area contributed by atoms with Crippen LogP contribution >= 0.6 is 0 Å². The van der Waals surface area contributed by atoms with Gasteiger partial charge >= 0.3 is 11.9 Å². The summed E-state index contributed by atoms with van der Waals surface area (Å²) in [5.74, 6) is -1.64. The zero-order chi connectivity index (χ0) is 13.6. The van der Waals surface area contributed by atoms with E-state index >= 15 is 0 Å². The maximum absolute atomic E-state index is 11.7. The molecule has 0 aliphatic carbocycles. The van der Waals surface area contributed by atoms with Crippen LogP contribution in [0.25, 0.3) is 0 Å². The van der Waals surface area contributed by atoms with Gasteiger partial charge in [-0.2, -0.15) is 0 Å². The standard InChI is InChI=1S/C11H19NO5/c1-6-17-9(14)7-8(13)12(4)11(2,3)10(15)16-5/h6-7H2,1-5H3. The highest BCUT2D eigenvalue weighted by atomic mass is 16.5. The van der Waals surface area contributed by atoms with E-state index in [4.69, 9.17) is 0 Å². The van der Waals surface area contributed by atoms with Gasteiger partial charge in [-0.25, -0.2) is 4.79 Å². The van der Waals surface area contributed by atoms with Crippen LogP contribution in [0, 0.1) is 0 Å². The Bertz CT molecular complexity index is 311. The molecule has 0 bridgehead atoms. The third kappa shape index (κ3) is 4.05. The van der Waals surface area contributed by atoms with Crippen LogP contribution in [0.1, 0.15) is 27.2 Å². The monoisotopic (exact) mass is 245 g/mol. The predicted molar refractivity (Wildman–Crippen MR) is 60.1 cm³/mol. The highest BCUT2D eigenvalue weighted by Crippen LogP contribution is 2.15. The number of likely N-dealkylation sites (N-methyl/N-ethyl adjacent to an activating group) is 1. The van der Waals surface area contributed by atoms with Crippen LogP contribution < -0.4 is 0 Å². The van der Waals surface area contributed by atoms with Crippen molar-refractivity contribution in [3.63, 3.8) is 0 Å². The van der Waals surface area contributed by atoms with Crippen molar-refractivity contribution < 1.29 is 23.9 Å². The predicted octanol–water partition coefficient (Wildman–Crippen LogP) is 0.350. The fourth-order valence-corrected chi connectivity index (χ4v) is 1.15. The van der Waals surface area contributed by atoms with Gasteiger partial charge in [-0.1, -0.05) is 0 Å². The lowest BCUT2D eigenvalue weighted by Crippen LogP contribution is -2.51. The topological polar surface area (TPSA) is 72.9 Å². The Hall–Kier alpha value is -1.59. The molecule has 0 aromatic rings. The molecule has 6 nitrogen and oxygen atoms in total. The van der Waals surface area contributed by atoms with Crippen LogP contribution in [-0.2, 0) is 23.9 Å². The van der Waals surface area contributed by atoms with E-state index in [9.17, 15) is 14.4 Å². The van der Waals surface area contributed by atoms with E-state index in [1.807, 2.05) is 0 Å². The zero-order valence-corrected chi connectivity index (χ0v) is 10.9. The third-order valence-electron chi connectivity index (χ3n) is 2.50.